The summed E-state index contributed by atoms with van der Waals surface area (Å²) in [6, 6.07) is 14.9. The Morgan fingerprint density at radius 3 is 2.76 bits per heavy atom. The molecule has 1 heterocycles. The van der Waals surface area contributed by atoms with Crippen LogP contribution >= 0.6 is 11.6 Å². The van der Waals surface area contributed by atoms with E-state index in [4.69, 9.17) is 21.1 Å². The molecule has 0 unspecified atom stereocenters. The number of halogens is 1. The molecule has 2 aromatic carbocycles. The van der Waals surface area contributed by atoms with Gasteiger partial charge >= 0.3 is 6.03 Å². The first-order chi connectivity index (χ1) is 14.0. The smallest absolute Gasteiger partial charge is 0.322 e. The minimum Gasteiger partial charge on any atom is -0.497 e. The molecule has 0 aliphatic rings. The average Bonchev–Trinajstić information content (AvgIpc) is 2.71. The fourth-order valence-corrected chi connectivity index (χ4v) is 3.20. The standard InChI is InChI=1S/C22H24ClN3O3/c1-15-7-8-20-16(11-15)12-17(21(23)25-20)14-26(9-10-28-2)22(27)24-18-5-4-6-19(13-18)29-3/h4-8,11-13H,9-10,14H2,1-3H3,(H,24,27). The highest BCUT2D eigenvalue weighted by atomic mass is 35.5. The van der Waals surface area contributed by atoms with Crippen molar-refractivity contribution in [1.29, 1.82) is 0 Å². The lowest BCUT2D eigenvalue weighted by molar-refractivity contribution is 0.153. The number of anilines is 1. The first-order valence-electron chi connectivity index (χ1n) is 9.25. The molecule has 0 aliphatic heterocycles. The van der Waals surface area contributed by atoms with Crippen LogP contribution in [0.15, 0.2) is 48.5 Å². The van der Waals surface area contributed by atoms with Gasteiger partial charge in [0.25, 0.3) is 0 Å². The molecule has 3 aromatic rings. The molecular weight excluding hydrogens is 390 g/mol. The summed E-state index contributed by atoms with van der Waals surface area (Å²) in [5.41, 5.74) is 3.39. The largest absolute Gasteiger partial charge is 0.497 e. The molecule has 1 N–H and O–H groups in total. The van der Waals surface area contributed by atoms with Gasteiger partial charge < -0.3 is 19.7 Å². The zero-order valence-corrected chi connectivity index (χ0v) is 17.5. The van der Waals surface area contributed by atoms with Crippen LogP contribution in [0.2, 0.25) is 5.15 Å². The molecule has 0 fully saturated rings. The topological polar surface area (TPSA) is 63.7 Å². The number of aryl methyl sites for hydroxylation is 1. The van der Waals surface area contributed by atoms with E-state index in [-0.39, 0.29) is 6.03 Å². The number of urea groups is 1. The second-order valence-corrected chi connectivity index (χ2v) is 7.07. The summed E-state index contributed by atoms with van der Waals surface area (Å²) in [5, 5.41) is 4.28. The molecule has 1 aromatic heterocycles. The summed E-state index contributed by atoms with van der Waals surface area (Å²) in [6.07, 6.45) is 0. The van der Waals surface area contributed by atoms with Crippen LogP contribution in [0.1, 0.15) is 11.1 Å². The molecule has 29 heavy (non-hydrogen) atoms. The van der Waals surface area contributed by atoms with Gasteiger partial charge in [0.1, 0.15) is 10.9 Å². The van der Waals surface area contributed by atoms with Crippen molar-refractivity contribution in [1.82, 2.24) is 9.88 Å². The van der Waals surface area contributed by atoms with E-state index in [1.165, 1.54) is 0 Å². The van der Waals surface area contributed by atoms with Crippen LogP contribution in [0.25, 0.3) is 10.9 Å². The van der Waals surface area contributed by atoms with Crippen molar-refractivity contribution in [2.45, 2.75) is 13.5 Å². The van der Waals surface area contributed by atoms with E-state index in [2.05, 4.69) is 16.4 Å². The Labute approximate surface area is 175 Å². The van der Waals surface area contributed by atoms with Crippen molar-refractivity contribution in [3.63, 3.8) is 0 Å². The minimum absolute atomic E-state index is 0.254. The second kappa shape index (κ2) is 9.58. The number of carbonyl (C=O) groups is 1. The van der Waals surface area contributed by atoms with E-state index < -0.39 is 0 Å². The Bertz CT molecular complexity index is 1010. The number of ether oxygens (including phenoxy) is 2. The third-order valence-corrected chi connectivity index (χ3v) is 4.86. The highest BCUT2D eigenvalue weighted by Crippen LogP contribution is 2.23. The van der Waals surface area contributed by atoms with Crippen LogP contribution in [0, 0.1) is 6.92 Å². The molecule has 6 nitrogen and oxygen atoms in total. The number of nitrogens with one attached hydrogen (secondary N) is 1. The Morgan fingerprint density at radius 2 is 2.00 bits per heavy atom. The number of rotatable bonds is 7. The Balaban J connectivity index is 1.83. The molecule has 0 aliphatic carbocycles. The van der Waals surface area contributed by atoms with Crippen molar-refractivity contribution in [2.75, 3.05) is 32.7 Å². The number of pyridine rings is 1. The number of hydrogen-bond acceptors (Lipinski definition) is 4. The molecule has 3 rings (SSSR count). The highest BCUT2D eigenvalue weighted by Gasteiger charge is 2.17. The molecule has 2 amide bonds. The van der Waals surface area contributed by atoms with Gasteiger partial charge in [-0.05, 0) is 37.3 Å². The number of carbonyl (C=O) groups excluding carboxylic acids is 1. The maximum Gasteiger partial charge on any atom is 0.322 e. The third-order valence-electron chi connectivity index (χ3n) is 4.53. The molecule has 0 saturated heterocycles. The van der Waals surface area contributed by atoms with Gasteiger partial charge in [0.2, 0.25) is 0 Å². The Morgan fingerprint density at radius 1 is 1.17 bits per heavy atom. The third kappa shape index (κ3) is 5.37. The number of fused-ring (bicyclic) bond motifs is 1. The monoisotopic (exact) mass is 413 g/mol. The van der Waals surface area contributed by atoms with Crippen LogP contribution in [-0.2, 0) is 11.3 Å². The number of hydrogen-bond donors (Lipinski definition) is 1. The van der Waals surface area contributed by atoms with Crippen molar-refractivity contribution < 1.29 is 14.3 Å². The van der Waals surface area contributed by atoms with E-state index in [0.717, 1.165) is 22.0 Å². The van der Waals surface area contributed by atoms with Crippen molar-refractivity contribution in [3.05, 3.63) is 64.8 Å². The zero-order chi connectivity index (χ0) is 20.8. The number of nitrogens with zero attached hydrogens (tertiary/aromatic N) is 2. The van der Waals surface area contributed by atoms with E-state index >= 15 is 0 Å². The van der Waals surface area contributed by atoms with Gasteiger partial charge in [0, 0.05) is 36.4 Å². The predicted octanol–water partition coefficient (Wildman–Crippen LogP) is 4.89. The number of benzene rings is 2. The average molecular weight is 414 g/mol. The van der Waals surface area contributed by atoms with Crippen LogP contribution in [0.5, 0.6) is 5.75 Å². The predicted molar refractivity (Wildman–Crippen MR) is 116 cm³/mol. The molecular formula is C22H24ClN3O3. The van der Waals surface area contributed by atoms with Gasteiger partial charge in [-0.1, -0.05) is 29.3 Å². The number of methoxy groups -OCH3 is 2. The fraction of sp³-hybridized carbons (Fsp3) is 0.273. The van der Waals surface area contributed by atoms with Crippen LogP contribution < -0.4 is 10.1 Å². The summed E-state index contributed by atoms with van der Waals surface area (Å²) < 4.78 is 10.4. The lowest BCUT2D eigenvalue weighted by atomic mass is 10.1. The van der Waals surface area contributed by atoms with Crippen LogP contribution in [-0.4, -0.2) is 43.3 Å². The Kier molecular flexibility index (Phi) is 6.90. The van der Waals surface area contributed by atoms with E-state index in [0.29, 0.717) is 36.3 Å². The maximum absolute atomic E-state index is 12.9. The van der Waals surface area contributed by atoms with E-state index in [1.807, 2.05) is 43.3 Å². The van der Waals surface area contributed by atoms with Crippen molar-refractivity contribution in [3.8, 4) is 5.75 Å². The van der Waals surface area contributed by atoms with Crippen LogP contribution in [0.4, 0.5) is 10.5 Å². The molecule has 0 radical (unpaired) electrons. The van der Waals surface area contributed by atoms with Crippen molar-refractivity contribution >= 4 is 34.2 Å². The molecule has 152 valence electrons. The molecule has 0 bridgehead atoms. The normalized spacial score (nSPS) is 10.8. The SMILES string of the molecule is COCCN(Cc1cc2cc(C)ccc2nc1Cl)C(=O)Nc1cccc(OC)c1. The molecule has 0 spiro atoms. The van der Waals surface area contributed by atoms with Gasteiger partial charge in [-0.25, -0.2) is 9.78 Å². The minimum atomic E-state index is -0.254. The quantitative estimate of drug-likeness (QED) is 0.560. The lowest BCUT2D eigenvalue weighted by Crippen LogP contribution is -2.37. The second-order valence-electron chi connectivity index (χ2n) is 6.71. The van der Waals surface area contributed by atoms with Crippen LogP contribution in [0.3, 0.4) is 0 Å². The summed E-state index contributed by atoms with van der Waals surface area (Å²) in [7, 11) is 3.19. The summed E-state index contributed by atoms with van der Waals surface area (Å²) in [6.45, 7) is 3.16. The highest BCUT2D eigenvalue weighted by molar-refractivity contribution is 6.30. The lowest BCUT2D eigenvalue weighted by Gasteiger charge is -2.23. The fourth-order valence-electron chi connectivity index (χ4n) is 2.99. The van der Waals surface area contributed by atoms with Gasteiger partial charge in [-0.2, -0.15) is 0 Å². The van der Waals surface area contributed by atoms with Gasteiger partial charge in [-0.3, -0.25) is 0 Å². The maximum atomic E-state index is 12.9. The van der Waals surface area contributed by atoms with E-state index in [1.54, 1.807) is 25.2 Å². The number of aromatic nitrogens is 1. The number of amides is 2. The first kappa shape index (κ1) is 20.9. The summed E-state index contributed by atoms with van der Waals surface area (Å²) >= 11 is 6.41. The van der Waals surface area contributed by atoms with Crippen molar-refractivity contribution in [2.24, 2.45) is 0 Å². The zero-order valence-electron chi connectivity index (χ0n) is 16.7. The molecule has 0 saturated carbocycles. The summed E-state index contributed by atoms with van der Waals surface area (Å²) in [4.78, 5) is 19.0. The summed E-state index contributed by atoms with van der Waals surface area (Å²) in [5.74, 6) is 0.670. The first-order valence-corrected chi connectivity index (χ1v) is 9.62. The molecule has 7 heteroatoms. The van der Waals surface area contributed by atoms with E-state index in [9.17, 15) is 4.79 Å². The van der Waals surface area contributed by atoms with Gasteiger partial charge in [0.15, 0.2) is 0 Å². The van der Waals surface area contributed by atoms with Gasteiger partial charge in [0.05, 0.1) is 25.8 Å². The van der Waals surface area contributed by atoms with Gasteiger partial charge in [-0.15, -0.1) is 0 Å². The molecule has 0 atom stereocenters. The Hall–Kier alpha value is -2.83.